The second-order valence-corrected chi connectivity index (χ2v) is 8.27. The van der Waals surface area contributed by atoms with Crippen molar-refractivity contribution in [2.24, 2.45) is 0 Å². The van der Waals surface area contributed by atoms with E-state index in [0.717, 1.165) is 6.04 Å². The normalized spacial score (nSPS) is 29.3. The van der Waals surface area contributed by atoms with E-state index in [0.29, 0.717) is 6.04 Å². The monoisotopic (exact) mass is 317 g/mol. The maximum atomic E-state index is 3.85. The number of fused-ring (bicyclic) bond motifs is 1. The highest BCUT2D eigenvalue weighted by atomic mass is 79.9. The Morgan fingerprint density at radius 1 is 1.38 bits per heavy atom. The Labute approximate surface area is 114 Å². The van der Waals surface area contributed by atoms with Crippen molar-refractivity contribution in [2.45, 2.75) is 37.8 Å². The lowest BCUT2D eigenvalue weighted by molar-refractivity contribution is 0.415. The molecule has 2 unspecified atom stereocenters. The lowest BCUT2D eigenvalue weighted by Crippen LogP contribution is -2.34. The third-order valence-electron chi connectivity index (χ3n) is 3.45. The minimum Gasteiger partial charge on any atom is -0.306 e. The molecular weight excluding hydrogens is 302 g/mol. The second kappa shape index (κ2) is 5.01. The summed E-state index contributed by atoms with van der Waals surface area (Å²) in [5.74, 6) is 2.64. The van der Waals surface area contributed by atoms with E-state index in [9.17, 15) is 0 Å². The van der Waals surface area contributed by atoms with E-state index in [1.54, 1.807) is 10.4 Å². The third kappa shape index (κ3) is 2.35. The van der Waals surface area contributed by atoms with Gasteiger partial charge in [-0.25, -0.2) is 0 Å². The van der Waals surface area contributed by atoms with Crippen molar-refractivity contribution in [2.75, 3.05) is 11.5 Å². The molecule has 1 aliphatic carbocycles. The summed E-state index contributed by atoms with van der Waals surface area (Å²) >= 11 is 7.63. The van der Waals surface area contributed by atoms with Crippen LogP contribution >= 0.6 is 39.0 Å². The van der Waals surface area contributed by atoms with E-state index in [1.165, 1.54) is 41.0 Å². The number of hydrogen-bond acceptors (Lipinski definition) is 3. The maximum absolute atomic E-state index is 3.85. The first kappa shape index (κ1) is 11.6. The summed E-state index contributed by atoms with van der Waals surface area (Å²) < 4.78 is 1.30. The predicted octanol–water partition coefficient (Wildman–Crippen LogP) is 3.98. The van der Waals surface area contributed by atoms with Crippen LogP contribution in [0.2, 0.25) is 0 Å². The Kier molecular flexibility index (Phi) is 3.62. The zero-order chi connectivity index (χ0) is 11.0. The highest BCUT2D eigenvalue weighted by Gasteiger charge is 2.26. The van der Waals surface area contributed by atoms with Crippen molar-refractivity contribution in [3.8, 4) is 0 Å². The summed E-state index contributed by atoms with van der Waals surface area (Å²) in [5.41, 5.74) is 1.57. The number of nitrogens with one attached hydrogen (secondary N) is 1. The molecule has 0 bridgehead atoms. The van der Waals surface area contributed by atoms with E-state index < -0.39 is 0 Å². The average Bonchev–Trinajstić information content (AvgIpc) is 2.86. The number of aryl methyl sites for hydroxylation is 1. The van der Waals surface area contributed by atoms with Crippen molar-refractivity contribution in [1.29, 1.82) is 0 Å². The van der Waals surface area contributed by atoms with E-state index in [4.69, 9.17) is 0 Å². The zero-order valence-electron chi connectivity index (χ0n) is 9.17. The van der Waals surface area contributed by atoms with Crippen LogP contribution in [-0.2, 0) is 6.42 Å². The molecule has 1 nitrogen and oxygen atoms in total. The predicted molar refractivity (Wildman–Crippen MR) is 76.6 cm³/mol. The van der Waals surface area contributed by atoms with Crippen LogP contribution in [0.4, 0.5) is 0 Å². The van der Waals surface area contributed by atoms with E-state index in [1.807, 2.05) is 11.3 Å². The summed E-state index contributed by atoms with van der Waals surface area (Å²) in [6, 6.07) is 3.70. The summed E-state index contributed by atoms with van der Waals surface area (Å²) in [6.07, 6.45) is 5.29. The van der Waals surface area contributed by atoms with Crippen LogP contribution in [0, 0.1) is 0 Å². The van der Waals surface area contributed by atoms with Gasteiger partial charge >= 0.3 is 0 Å². The van der Waals surface area contributed by atoms with Gasteiger partial charge in [-0.15, -0.1) is 11.3 Å². The fourth-order valence-corrected chi connectivity index (χ4v) is 5.63. The second-order valence-electron chi connectivity index (χ2n) is 4.60. The molecule has 4 heteroatoms. The summed E-state index contributed by atoms with van der Waals surface area (Å²) in [6.45, 7) is 0. The molecule has 2 aliphatic rings. The maximum Gasteiger partial charge on any atom is 0.0704 e. The highest BCUT2D eigenvalue weighted by molar-refractivity contribution is 9.11. The van der Waals surface area contributed by atoms with Crippen LogP contribution in [-0.4, -0.2) is 17.5 Å². The van der Waals surface area contributed by atoms with Crippen molar-refractivity contribution in [3.05, 3.63) is 20.3 Å². The van der Waals surface area contributed by atoms with Gasteiger partial charge in [-0.05, 0) is 59.0 Å². The van der Waals surface area contributed by atoms with Gasteiger partial charge in [0.2, 0.25) is 0 Å². The molecule has 0 aromatic carbocycles. The Bertz CT molecular complexity index is 371. The fourth-order valence-electron chi connectivity index (χ4n) is 2.64. The topological polar surface area (TPSA) is 12.0 Å². The van der Waals surface area contributed by atoms with Crippen LogP contribution in [0.1, 0.15) is 35.7 Å². The molecule has 88 valence electrons. The number of thioether (sulfide) groups is 1. The Morgan fingerprint density at radius 3 is 3.12 bits per heavy atom. The first-order chi connectivity index (χ1) is 7.83. The first-order valence-corrected chi connectivity index (χ1v) is 8.71. The smallest absolute Gasteiger partial charge is 0.0704 e. The molecule has 16 heavy (non-hydrogen) atoms. The molecule has 2 atom stereocenters. The van der Waals surface area contributed by atoms with Gasteiger partial charge in [-0.3, -0.25) is 0 Å². The zero-order valence-corrected chi connectivity index (χ0v) is 12.4. The average molecular weight is 318 g/mol. The van der Waals surface area contributed by atoms with Gasteiger partial charge in [0.05, 0.1) is 3.79 Å². The van der Waals surface area contributed by atoms with Gasteiger partial charge in [-0.2, -0.15) is 11.8 Å². The summed E-state index contributed by atoms with van der Waals surface area (Å²) in [5, 5.41) is 3.85. The van der Waals surface area contributed by atoms with Crippen molar-refractivity contribution in [1.82, 2.24) is 5.32 Å². The molecule has 2 heterocycles. The molecule has 1 fully saturated rings. The van der Waals surface area contributed by atoms with Gasteiger partial charge < -0.3 is 5.32 Å². The fraction of sp³-hybridized carbons (Fsp3) is 0.667. The molecular formula is C12H16BrNS2. The van der Waals surface area contributed by atoms with E-state index in [-0.39, 0.29) is 0 Å². The Morgan fingerprint density at radius 2 is 2.31 bits per heavy atom. The molecule has 0 spiro atoms. The van der Waals surface area contributed by atoms with Gasteiger partial charge in [0, 0.05) is 22.7 Å². The minimum atomic E-state index is 0.620. The minimum absolute atomic E-state index is 0.620. The van der Waals surface area contributed by atoms with Crippen molar-refractivity contribution >= 4 is 39.0 Å². The van der Waals surface area contributed by atoms with Crippen molar-refractivity contribution < 1.29 is 0 Å². The lowest BCUT2D eigenvalue weighted by atomic mass is 9.93. The molecule has 1 N–H and O–H groups in total. The largest absolute Gasteiger partial charge is 0.306 e. The highest BCUT2D eigenvalue weighted by Crippen LogP contribution is 2.38. The first-order valence-electron chi connectivity index (χ1n) is 5.95. The molecule has 0 radical (unpaired) electrons. The number of thiophene rings is 1. The Hall–Kier alpha value is 0.490. The number of hydrogen-bond donors (Lipinski definition) is 1. The quantitative estimate of drug-likeness (QED) is 0.885. The molecule has 0 amide bonds. The van der Waals surface area contributed by atoms with Crippen LogP contribution in [0.25, 0.3) is 0 Å². The molecule has 0 saturated carbocycles. The van der Waals surface area contributed by atoms with Crippen LogP contribution in [0.3, 0.4) is 0 Å². The molecule has 1 aliphatic heterocycles. The molecule has 3 rings (SSSR count). The molecule has 1 aromatic heterocycles. The van der Waals surface area contributed by atoms with Crippen molar-refractivity contribution in [3.63, 3.8) is 0 Å². The van der Waals surface area contributed by atoms with Gasteiger partial charge in [0.1, 0.15) is 0 Å². The van der Waals surface area contributed by atoms with Gasteiger partial charge in [0.15, 0.2) is 0 Å². The van der Waals surface area contributed by atoms with E-state index in [2.05, 4.69) is 39.1 Å². The number of rotatable bonds is 2. The number of halogens is 1. The van der Waals surface area contributed by atoms with E-state index >= 15 is 0 Å². The Balaban J connectivity index is 1.75. The van der Waals surface area contributed by atoms with Crippen LogP contribution in [0.5, 0.6) is 0 Å². The lowest BCUT2D eigenvalue weighted by Gasteiger charge is -2.26. The molecule has 1 aromatic rings. The van der Waals surface area contributed by atoms with Crippen LogP contribution in [0.15, 0.2) is 9.85 Å². The summed E-state index contributed by atoms with van der Waals surface area (Å²) in [7, 11) is 0. The third-order valence-corrected chi connectivity index (χ3v) is 6.33. The molecule has 1 saturated heterocycles. The van der Waals surface area contributed by atoms with Gasteiger partial charge in [-0.1, -0.05) is 0 Å². The van der Waals surface area contributed by atoms with Crippen LogP contribution < -0.4 is 5.32 Å². The summed E-state index contributed by atoms with van der Waals surface area (Å²) in [4.78, 5) is 1.60. The SMILES string of the molecule is Brc1cc2c(s1)CCCC2NC1CCSC1. The standard InChI is InChI=1S/C12H16BrNS2/c13-12-6-9-10(2-1-3-11(9)16-12)14-8-4-5-15-7-8/h6,8,10,14H,1-5,7H2. The van der Waals surface area contributed by atoms with Gasteiger partial charge in [0.25, 0.3) is 0 Å².